The van der Waals surface area contributed by atoms with E-state index in [0.29, 0.717) is 17.8 Å². The van der Waals surface area contributed by atoms with Crippen molar-refractivity contribution in [1.29, 1.82) is 0 Å². The fraction of sp³-hybridized carbons (Fsp3) is 0.154. The lowest BCUT2D eigenvalue weighted by Crippen LogP contribution is -2.49. The normalized spacial score (nSPS) is 15.4. The molecule has 3 rings (SSSR count). The molecular weight excluding hydrogens is 244 g/mol. The van der Waals surface area contributed by atoms with Crippen LogP contribution in [0.25, 0.3) is 5.52 Å². The van der Waals surface area contributed by atoms with Crippen LogP contribution in [0.1, 0.15) is 12.0 Å². The Morgan fingerprint density at radius 3 is 2.95 bits per heavy atom. The largest absolute Gasteiger partial charge is 0.328 e. The van der Waals surface area contributed by atoms with Crippen molar-refractivity contribution in [3.63, 3.8) is 0 Å². The van der Waals surface area contributed by atoms with Crippen LogP contribution in [0.2, 0.25) is 0 Å². The van der Waals surface area contributed by atoms with Gasteiger partial charge in [-0.25, -0.2) is 9.31 Å². The first-order chi connectivity index (χ1) is 9.19. The Bertz CT molecular complexity index is 726. The molecule has 3 amide bonds. The Hall–Kier alpha value is -2.81. The summed E-state index contributed by atoms with van der Waals surface area (Å²) >= 11 is 0. The molecule has 0 saturated carbocycles. The van der Waals surface area contributed by atoms with Crippen molar-refractivity contribution in [1.82, 2.24) is 14.9 Å². The van der Waals surface area contributed by atoms with Crippen LogP contribution >= 0.6 is 0 Å². The highest BCUT2D eigenvalue weighted by Gasteiger charge is 2.26. The van der Waals surface area contributed by atoms with Crippen LogP contribution in [0, 0.1) is 12.3 Å². The zero-order chi connectivity index (χ0) is 13.4. The molecule has 0 bridgehead atoms. The number of imide groups is 1. The van der Waals surface area contributed by atoms with E-state index in [1.807, 2.05) is 0 Å². The summed E-state index contributed by atoms with van der Waals surface area (Å²) in [5.41, 5.74) is 2.14. The smallest absolute Gasteiger partial charge is 0.290 e. The number of anilines is 1. The van der Waals surface area contributed by atoms with Gasteiger partial charge >= 0.3 is 6.03 Å². The van der Waals surface area contributed by atoms with E-state index in [0.717, 1.165) is 5.52 Å². The van der Waals surface area contributed by atoms with Crippen molar-refractivity contribution in [3.05, 3.63) is 30.1 Å². The average molecular weight is 254 g/mol. The minimum absolute atomic E-state index is 0.257. The Morgan fingerprint density at radius 1 is 1.37 bits per heavy atom. The molecule has 1 aliphatic rings. The summed E-state index contributed by atoms with van der Waals surface area (Å²) in [5.74, 6) is 2.27. The van der Waals surface area contributed by atoms with Crippen molar-refractivity contribution in [2.24, 2.45) is 0 Å². The van der Waals surface area contributed by atoms with Gasteiger partial charge in [-0.2, -0.15) is 5.10 Å². The van der Waals surface area contributed by atoms with Crippen molar-refractivity contribution < 1.29 is 9.59 Å². The minimum Gasteiger partial charge on any atom is -0.290 e. The Balaban J connectivity index is 2.04. The van der Waals surface area contributed by atoms with Crippen LogP contribution in [-0.4, -0.2) is 28.1 Å². The van der Waals surface area contributed by atoms with E-state index in [9.17, 15) is 9.59 Å². The number of terminal acetylenes is 1. The van der Waals surface area contributed by atoms with E-state index in [1.165, 1.54) is 4.90 Å². The van der Waals surface area contributed by atoms with Crippen molar-refractivity contribution >= 4 is 23.1 Å². The number of urea groups is 1. The molecule has 6 nitrogen and oxygen atoms in total. The van der Waals surface area contributed by atoms with Gasteiger partial charge in [0.05, 0.1) is 17.4 Å². The van der Waals surface area contributed by atoms with Crippen LogP contribution in [0.5, 0.6) is 0 Å². The third-order valence-corrected chi connectivity index (χ3v) is 3.01. The van der Waals surface area contributed by atoms with E-state index in [2.05, 4.69) is 16.3 Å². The zero-order valence-electron chi connectivity index (χ0n) is 9.96. The predicted molar refractivity (Wildman–Crippen MR) is 68.6 cm³/mol. The van der Waals surface area contributed by atoms with Crippen LogP contribution in [-0.2, 0) is 4.79 Å². The lowest BCUT2D eigenvalue weighted by molar-refractivity contribution is -0.120. The topological polar surface area (TPSA) is 66.7 Å². The number of nitrogens with one attached hydrogen (secondary N) is 1. The van der Waals surface area contributed by atoms with Crippen molar-refractivity contribution in [2.45, 2.75) is 6.42 Å². The molecule has 0 atom stereocenters. The number of amides is 3. The molecule has 19 heavy (non-hydrogen) atoms. The quantitative estimate of drug-likeness (QED) is 0.764. The second-order valence-corrected chi connectivity index (χ2v) is 4.18. The molecule has 0 unspecified atom stereocenters. The van der Waals surface area contributed by atoms with Crippen molar-refractivity contribution in [3.8, 4) is 12.3 Å². The van der Waals surface area contributed by atoms with Gasteiger partial charge in [0.15, 0.2) is 0 Å². The summed E-state index contributed by atoms with van der Waals surface area (Å²) in [7, 11) is 0. The molecule has 94 valence electrons. The summed E-state index contributed by atoms with van der Waals surface area (Å²) in [5, 5.41) is 6.45. The average Bonchev–Trinajstić information content (AvgIpc) is 2.81. The SMILES string of the molecule is C#Cc1ccc2c(N3CCC(=O)NC3=O)cnn2c1. The molecule has 1 aliphatic heterocycles. The molecule has 0 aromatic carbocycles. The van der Waals surface area contributed by atoms with Crippen LogP contribution in [0.3, 0.4) is 0 Å². The second-order valence-electron chi connectivity index (χ2n) is 4.18. The van der Waals surface area contributed by atoms with E-state index in [4.69, 9.17) is 6.42 Å². The number of nitrogens with zero attached hydrogens (tertiary/aromatic N) is 3. The van der Waals surface area contributed by atoms with Gasteiger partial charge < -0.3 is 0 Å². The number of aromatic nitrogens is 2. The Kier molecular flexibility index (Phi) is 2.46. The number of carbonyl (C=O) groups is 2. The number of hydrogen-bond donors (Lipinski definition) is 1. The lowest BCUT2D eigenvalue weighted by Gasteiger charge is -2.25. The van der Waals surface area contributed by atoms with Gasteiger partial charge in [0.2, 0.25) is 5.91 Å². The highest BCUT2D eigenvalue weighted by atomic mass is 16.2. The zero-order valence-corrected chi connectivity index (χ0v) is 9.96. The molecule has 3 heterocycles. The standard InChI is InChI=1S/C13H10N4O2/c1-2-9-3-4-10-11(7-14-17(10)8-9)16-6-5-12(18)15-13(16)19/h1,3-4,7-8H,5-6H2,(H,15,18,19). The van der Waals surface area contributed by atoms with Crippen molar-refractivity contribution in [2.75, 3.05) is 11.4 Å². The Labute approximate surface area is 109 Å². The highest BCUT2D eigenvalue weighted by molar-refractivity contribution is 6.07. The van der Waals surface area contributed by atoms with Crippen LogP contribution in [0.4, 0.5) is 10.5 Å². The Morgan fingerprint density at radius 2 is 2.21 bits per heavy atom. The second kappa shape index (κ2) is 4.14. The molecule has 6 heteroatoms. The maximum Gasteiger partial charge on any atom is 0.328 e. The summed E-state index contributed by atoms with van der Waals surface area (Å²) in [6, 6.07) is 3.17. The third kappa shape index (κ3) is 1.81. The highest BCUT2D eigenvalue weighted by Crippen LogP contribution is 2.23. The molecule has 1 saturated heterocycles. The van der Waals surface area contributed by atoms with E-state index in [-0.39, 0.29) is 12.3 Å². The third-order valence-electron chi connectivity index (χ3n) is 3.01. The molecular formula is C13H10N4O2. The monoisotopic (exact) mass is 254 g/mol. The first-order valence-electron chi connectivity index (χ1n) is 5.74. The first-order valence-corrected chi connectivity index (χ1v) is 5.74. The summed E-state index contributed by atoms with van der Waals surface area (Å²) in [6.45, 7) is 0.350. The lowest BCUT2D eigenvalue weighted by atomic mass is 10.2. The maximum absolute atomic E-state index is 11.8. The molecule has 0 aliphatic carbocycles. The number of rotatable bonds is 1. The van der Waals surface area contributed by atoms with E-state index >= 15 is 0 Å². The van der Waals surface area contributed by atoms with Gasteiger partial charge in [-0.1, -0.05) is 5.92 Å². The molecule has 1 fully saturated rings. The molecule has 0 spiro atoms. The van der Waals surface area contributed by atoms with Gasteiger partial charge in [-0.15, -0.1) is 6.42 Å². The number of carbonyl (C=O) groups excluding carboxylic acids is 2. The number of pyridine rings is 1. The van der Waals surface area contributed by atoms with E-state index in [1.54, 1.807) is 29.0 Å². The summed E-state index contributed by atoms with van der Waals surface area (Å²) < 4.78 is 1.62. The molecule has 2 aromatic heterocycles. The summed E-state index contributed by atoms with van der Waals surface area (Å²) in [6.07, 6.45) is 8.91. The van der Waals surface area contributed by atoms with Crippen LogP contribution < -0.4 is 10.2 Å². The molecule has 0 radical (unpaired) electrons. The van der Waals surface area contributed by atoms with Crippen LogP contribution in [0.15, 0.2) is 24.5 Å². The fourth-order valence-electron chi connectivity index (χ4n) is 2.06. The van der Waals surface area contributed by atoms with Gasteiger partial charge in [-0.3, -0.25) is 15.0 Å². The van der Waals surface area contributed by atoms with Gasteiger partial charge in [-0.05, 0) is 12.1 Å². The fourth-order valence-corrected chi connectivity index (χ4v) is 2.06. The molecule has 2 aromatic rings. The summed E-state index contributed by atoms with van der Waals surface area (Å²) in [4.78, 5) is 24.4. The van der Waals surface area contributed by atoms with E-state index < -0.39 is 6.03 Å². The first kappa shape index (κ1) is 11.3. The number of fused-ring (bicyclic) bond motifs is 1. The number of hydrogen-bond acceptors (Lipinski definition) is 3. The van der Waals surface area contributed by atoms with Gasteiger partial charge in [0, 0.05) is 24.7 Å². The predicted octanol–water partition coefficient (Wildman–Crippen LogP) is 0.762. The van der Waals surface area contributed by atoms with Gasteiger partial charge in [0.25, 0.3) is 0 Å². The molecule has 1 N–H and O–H groups in total. The minimum atomic E-state index is -0.424. The maximum atomic E-state index is 11.8. The van der Waals surface area contributed by atoms with Gasteiger partial charge in [0.1, 0.15) is 0 Å².